The van der Waals surface area contributed by atoms with Gasteiger partial charge in [-0.2, -0.15) is 0 Å². The SMILES string of the molecule is CCCCC(CC)C(=O)P(=O)(c1ccccc1)c1ccccc1. The van der Waals surface area contributed by atoms with Crippen molar-refractivity contribution in [1.82, 2.24) is 0 Å². The van der Waals surface area contributed by atoms with Crippen molar-refractivity contribution in [3.63, 3.8) is 0 Å². The van der Waals surface area contributed by atoms with E-state index in [1.54, 1.807) is 0 Å². The molecule has 122 valence electrons. The molecule has 0 saturated carbocycles. The van der Waals surface area contributed by atoms with Crippen molar-refractivity contribution >= 4 is 23.3 Å². The summed E-state index contributed by atoms with van der Waals surface area (Å²) in [5.41, 5.74) is -0.0918. The smallest absolute Gasteiger partial charge is 0.205 e. The van der Waals surface area contributed by atoms with Crippen LogP contribution in [0.2, 0.25) is 0 Å². The van der Waals surface area contributed by atoms with Gasteiger partial charge in [0.2, 0.25) is 12.7 Å². The van der Waals surface area contributed by atoms with Crippen molar-refractivity contribution in [1.29, 1.82) is 0 Å². The minimum absolute atomic E-state index is 0.0918. The second-order valence-electron chi connectivity index (χ2n) is 5.87. The summed E-state index contributed by atoms with van der Waals surface area (Å²) in [5, 5.41) is 1.29. The zero-order valence-electron chi connectivity index (χ0n) is 13.9. The molecule has 0 aliphatic carbocycles. The van der Waals surface area contributed by atoms with Gasteiger partial charge in [-0.1, -0.05) is 87.4 Å². The minimum atomic E-state index is -3.27. The van der Waals surface area contributed by atoms with Gasteiger partial charge < -0.3 is 4.57 Å². The number of carbonyl (C=O) groups excluding carboxylic acids is 1. The molecular formula is C20H25O2P. The van der Waals surface area contributed by atoms with Crippen molar-refractivity contribution in [2.45, 2.75) is 39.5 Å². The van der Waals surface area contributed by atoms with E-state index in [0.717, 1.165) is 25.7 Å². The molecule has 2 rings (SSSR count). The molecule has 0 saturated heterocycles. The van der Waals surface area contributed by atoms with Crippen molar-refractivity contribution in [2.75, 3.05) is 0 Å². The maximum Gasteiger partial charge on any atom is 0.205 e. The van der Waals surface area contributed by atoms with E-state index >= 15 is 0 Å². The third kappa shape index (κ3) is 3.82. The Bertz CT molecular complexity index is 621. The number of hydrogen-bond donors (Lipinski definition) is 0. The van der Waals surface area contributed by atoms with Crippen molar-refractivity contribution in [3.8, 4) is 0 Å². The lowest BCUT2D eigenvalue weighted by molar-refractivity contribution is -0.115. The largest absolute Gasteiger partial charge is 0.306 e. The topological polar surface area (TPSA) is 34.1 Å². The summed E-state index contributed by atoms with van der Waals surface area (Å²) in [5.74, 6) is -0.138. The molecule has 0 bridgehead atoms. The second-order valence-corrected chi connectivity index (χ2v) is 8.56. The van der Waals surface area contributed by atoms with Crippen LogP contribution in [-0.4, -0.2) is 5.52 Å². The van der Waals surface area contributed by atoms with Gasteiger partial charge >= 0.3 is 0 Å². The summed E-state index contributed by atoms with van der Waals surface area (Å²) < 4.78 is 13.9. The third-order valence-corrected chi connectivity index (χ3v) is 7.33. The average Bonchev–Trinajstić information content (AvgIpc) is 2.63. The van der Waals surface area contributed by atoms with Gasteiger partial charge in [-0.05, 0) is 12.8 Å². The highest BCUT2D eigenvalue weighted by Gasteiger charge is 2.38. The van der Waals surface area contributed by atoms with E-state index in [1.165, 1.54) is 0 Å². The van der Waals surface area contributed by atoms with E-state index in [2.05, 4.69) is 6.92 Å². The Kier molecular flexibility index (Phi) is 6.36. The minimum Gasteiger partial charge on any atom is -0.306 e. The Morgan fingerprint density at radius 2 is 1.39 bits per heavy atom. The van der Waals surface area contributed by atoms with Crippen LogP contribution in [0.25, 0.3) is 0 Å². The van der Waals surface area contributed by atoms with E-state index in [0.29, 0.717) is 10.6 Å². The summed E-state index contributed by atoms with van der Waals surface area (Å²) in [6, 6.07) is 18.5. The van der Waals surface area contributed by atoms with E-state index in [1.807, 2.05) is 67.6 Å². The van der Waals surface area contributed by atoms with Crippen LogP contribution in [0.1, 0.15) is 39.5 Å². The highest BCUT2D eigenvalue weighted by Crippen LogP contribution is 2.47. The highest BCUT2D eigenvalue weighted by atomic mass is 31.2. The van der Waals surface area contributed by atoms with Gasteiger partial charge in [0.05, 0.1) is 0 Å². The molecule has 2 aromatic rings. The first kappa shape index (κ1) is 17.7. The monoisotopic (exact) mass is 328 g/mol. The molecule has 0 spiro atoms. The normalized spacial score (nSPS) is 12.8. The van der Waals surface area contributed by atoms with E-state index in [-0.39, 0.29) is 11.4 Å². The number of unbranched alkanes of at least 4 members (excludes halogenated alkanes) is 1. The van der Waals surface area contributed by atoms with Gasteiger partial charge in [-0.15, -0.1) is 0 Å². The Balaban J connectivity index is 2.50. The first-order valence-corrected chi connectivity index (χ1v) is 10.1. The molecule has 2 aromatic carbocycles. The van der Waals surface area contributed by atoms with Crippen LogP contribution >= 0.6 is 7.14 Å². The second kappa shape index (κ2) is 8.26. The van der Waals surface area contributed by atoms with Crippen LogP contribution < -0.4 is 10.6 Å². The van der Waals surface area contributed by atoms with E-state index < -0.39 is 7.14 Å². The summed E-state index contributed by atoms with van der Waals surface area (Å²) in [6.07, 6.45) is 3.59. The Hall–Kier alpha value is -1.66. The van der Waals surface area contributed by atoms with Crippen molar-refractivity contribution < 1.29 is 9.36 Å². The van der Waals surface area contributed by atoms with Gasteiger partial charge in [0.15, 0.2) is 0 Å². The van der Waals surface area contributed by atoms with Crippen LogP contribution in [-0.2, 0) is 9.36 Å². The molecular weight excluding hydrogens is 303 g/mol. The number of hydrogen-bond acceptors (Lipinski definition) is 2. The lowest BCUT2D eigenvalue weighted by Gasteiger charge is -2.23. The average molecular weight is 328 g/mol. The molecule has 1 atom stereocenters. The lowest BCUT2D eigenvalue weighted by atomic mass is 10.0. The zero-order valence-corrected chi connectivity index (χ0v) is 14.8. The molecule has 1 unspecified atom stereocenters. The maximum atomic E-state index is 13.9. The summed E-state index contributed by atoms with van der Waals surface area (Å²) >= 11 is 0. The fourth-order valence-electron chi connectivity index (χ4n) is 2.89. The highest BCUT2D eigenvalue weighted by molar-refractivity contribution is 7.93. The van der Waals surface area contributed by atoms with Gasteiger partial charge in [-0.3, -0.25) is 4.79 Å². The molecule has 0 amide bonds. The Labute approximate surface area is 139 Å². The van der Waals surface area contributed by atoms with Crippen LogP contribution in [0.5, 0.6) is 0 Å². The molecule has 0 heterocycles. The maximum absolute atomic E-state index is 13.9. The van der Waals surface area contributed by atoms with Crippen LogP contribution in [0.15, 0.2) is 60.7 Å². The third-order valence-electron chi connectivity index (χ3n) is 4.30. The van der Waals surface area contributed by atoms with E-state index in [9.17, 15) is 9.36 Å². The Morgan fingerprint density at radius 3 is 1.78 bits per heavy atom. The molecule has 23 heavy (non-hydrogen) atoms. The quantitative estimate of drug-likeness (QED) is 0.656. The molecule has 3 heteroatoms. The summed E-state index contributed by atoms with van der Waals surface area (Å²) in [7, 11) is -3.27. The molecule has 0 aromatic heterocycles. The van der Waals surface area contributed by atoms with Gasteiger partial charge in [0, 0.05) is 16.5 Å². The van der Waals surface area contributed by atoms with Crippen LogP contribution in [0, 0.1) is 5.92 Å². The van der Waals surface area contributed by atoms with Gasteiger partial charge in [-0.25, -0.2) is 0 Å². The standard InChI is InChI=1S/C20H25O2P/c1-3-5-12-17(4-2)20(21)23(22,18-13-8-6-9-14-18)19-15-10-7-11-16-19/h6-11,13-17H,3-5,12H2,1-2H3. The van der Waals surface area contributed by atoms with Crippen LogP contribution in [0.3, 0.4) is 0 Å². The van der Waals surface area contributed by atoms with Crippen molar-refractivity contribution in [2.24, 2.45) is 5.92 Å². The number of rotatable bonds is 8. The number of benzene rings is 2. The molecule has 0 aliphatic heterocycles. The molecule has 0 radical (unpaired) electrons. The van der Waals surface area contributed by atoms with Crippen LogP contribution in [0.4, 0.5) is 0 Å². The lowest BCUT2D eigenvalue weighted by Crippen LogP contribution is -2.27. The molecule has 0 fully saturated rings. The molecule has 2 nitrogen and oxygen atoms in total. The summed E-state index contributed by atoms with van der Waals surface area (Å²) in [4.78, 5) is 13.2. The van der Waals surface area contributed by atoms with Gasteiger partial charge in [0.1, 0.15) is 0 Å². The predicted molar refractivity (Wildman–Crippen MR) is 98.1 cm³/mol. The summed E-state index contributed by atoms with van der Waals surface area (Å²) in [6.45, 7) is 4.13. The number of carbonyl (C=O) groups is 1. The Morgan fingerprint density at radius 1 is 0.913 bits per heavy atom. The predicted octanol–water partition coefficient (Wildman–Crippen LogP) is 4.74. The zero-order chi connectivity index (χ0) is 16.7. The van der Waals surface area contributed by atoms with E-state index in [4.69, 9.17) is 0 Å². The van der Waals surface area contributed by atoms with Gasteiger partial charge in [0.25, 0.3) is 0 Å². The first-order valence-electron chi connectivity index (χ1n) is 8.40. The molecule has 0 N–H and O–H groups in total. The first-order chi connectivity index (χ1) is 11.1. The van der Waals surface area contributed by atoms with Crippen molar-refractivity contribution in [3.05, 3.63) is 60.7 Å². The fraction of sp³-hybridized carbons (Fsp3) is 0.350. The molecule has 0 aliphatic rings. The fourth-order valence-corrected chi connectivity index (χ4v) is 5.71.